The van der Waals surface area contributed by atoms with Crippen molar-refractivity contribution in [2.45, 2.75) is 50.6 Å². The highest BCUT2D eigenvalue weighted by molar-refractivity contribution is 5.23. The van der Waals surface area contributed by atoms with Crippen LogP contribution >= 0.6 is 0 Å². The van der Waals surface area contributed by atoms with Gasteiger partial charge in [0.05, 0.1) is 23.5 Å². The number of ether oxygens (including phenoxy) is 1. The zero-order valence-corrected chi connectivity index (χ0v) is 13.7. The van der Waals surface area contributed by atoms with E-state index in [0.717, 1.165) is 18.9 Å². The number of hydrogen-bond acceptors (Lipinski definition) is 4. The first kappa shape index (κ1) is 17.6. The van der Waals surface area contributed by atoms with E-state index in [9.17, 15) is 18.3 Å². The quantitative estimate of drug-likeness (QED) is 0.916. The van der Waals surface area contributed by atoms with Crippen molar-refractivity contribution in [1.82, 2.24) is 9.88 Å². The smallest absolute Gasteiger partial charge is 0.390 e. The first-order valence-corrected chi connectivity index (χ1v) is 8.34. The lowest BCUT2D eigenvalue weighted by atomic mass is 9.79. The molecule has 0 amide bonds. The SMILES string of the molecule is C[C@]1(O)CCOC[C@H]1[C@@H]1CCCN1Cc1ncccc1C(F)(F)F. The summed E-state index contributed by atoms with van der Waals surface area (Å²) in [5.41, 5.74) is -1.47. The predicted molar refractivity (Wildman–Crippen MR) is 82.2 cm³/mol. The van der Waals surface area contributed by atoms with Gasteiger partial charge in [0, 0.05) is 31.3 Å². The largest absolute Gasteiger partial charge is 0.418 e. The first-order valence-electron chi connectivity index (χ1n) is 8.34. The summed E-state index contributed by atoms with van der Waals surface area (Å²) < 4.78 is 45.1. The van der Waals surface area contributed by atoms with Crippen molar-refractivity contribution in [1.29, 1.82) is 0 Å². The molecule has 24 heavy (non-hydrogen) atoms. The van der Waals surface area contributed by atoms with Crippen LogP contribution in [0, 0.1) is 5.92 Å². The van der Waals surface area contributed by atoms with Crippen LogP contribution in [0.15, 0.2) is 18.3 Å². The number of pyridine rings is 1. The maximum Gasteiger partial charge on any atom is 0.418 e. The second-order valence-corrected chi connectivity index (χ2v) is 6.96. The van der Waals surface area contributed by atoms with Crippen LogP contribution in [0.5, 0.6) is 0 Å². The molecule has 1 aromatic heterocycles. The number of halogens is 3. The number of likely N-dealkylation sites (tertiary alicyclic amines) is 1. The van der Waals surface area contributed by atoms with Gasteiger partial charge in [0.15, 0.2) is 0 Å². The summed E-state index contributed by atoms with van der Waals surface area (Å²) in [5, 5.41) is 10.7. The van der Waals surface area contributed by atoms with Crippen molar-refractivity contribution < 1.29 is 23.0 Å². The molecule has 3 atom stereocenters. The molecule has 3 rings (SSSR count). The van der Waals surface area contributed by atoms with Crippen molar-refractivity contribution in [2.75, 3.05) is 19.8 Å². The van der Waals surface area contributed by atoms with Crippen molar-refractivity contribution in [3.63, 3.8) is 0 Å². The third-order valence-electron chi connectivity index (χ3n) is 5.28. The van der Waals surface area contributed by atoms with Crippen molar-refractivity contribution in [3.8, 4) is 0 Å². The lowest BCUT2D eigenvalue weighted by Crippen LogP contribution is -2.52. The molecular formula is C17H23F3N2O2. The van der Waals surface area contributed by atoms with Crippen molar-refractivity contribution in [3.05, 3.63) is 29.6 Å². The molecule has 0 aromatic carbocycles. The number of aromatic nitrogens is 1. The fourth-order valence-electron chi connectivity index (χ4n) is 3.90. The average molecular weight is 344 g/mol. The molecule has 0 saturated carbocycles. The normalized spacial score (nSPS) is 32.2. The molecule has 0 bridgehead atoms. The van der Waals surface area contributed by atoms with E-state index in [4.69, 9.17) is 4.74 Å². The van der Waals surface area contributed by atoms with E-state index in [0.29, 0.717) is 26.2 Å². The van der Waals surface area contributed by atoms with Crippen LogP contribution in [0.25, 0.3) is 0 Å². The molecule has 2 aliphatic rings. The van der Waals surface area contributed by atoms with Gasteiger partial charge in [0.25, 0.3) is 0 Å². The Morgan fingerprint density at radius 2 is 2.25 bits per heavy atom. The van der Waals surface area contributed by atoms with Gasteiger partial charge < -0.3 is 9.84 Å². The van der Waals surface area contributed by atoms with Crippen LogP contribution in [-0.4, -0.2) is 46.4 Å². The van der Waals surface area contributed by atoms with Crippen molar-refractivity contribution >= 4 is 0 Å². The monoisotopic (exact) mass is 344 g/mol. The first-order chi connectivity index (χ1) is 11.3. The Morgan fingerprint density at radius 1 is 1.46 bits per heavy atom. The number of nitrogens with zero attached hydrogens (tertiary/aromatic N) is 2. The standard InChI is InChI=1S/C17H23F3N2O2/c1-16(23)6-9-24-11-13(16)15-5-3-8-22(15)10-14-12(17(18,19)20)4-2-7-21-14/h2,4,7,13,15,23H,3,5-6,8-11H2,1H3/t13-,15-,16-/m0/s1. The third-order valence-corrected chi connectivity index (χ3v) is 5.28. The minimum Gasteiger partial charge on any atom is -0.390 e. The Hall–Kier alpha value is -1.18. The zero-order chi connectivity index (χ0) is 17.4. The van der Waals surface area contributed by atoms with Crippen LogP contribution in [0.2, 0.25) is 0 Å². The van der Waals surface area contributed by atoms with Gasteiger partial charge in [-0.25, -0.2) is 0 Å². The molecule has 2 saturated heterocycles. The molecule has 2 aliphatic heterocycles. The van der Waals surface area contributed by atoms with Gasteiger partial charge in [-0.15, -0.1) is 0 Å². The molecule has 0 spiro atoms. The topological polar surface area (TPSA) is 45.6 Å². The number of aliphatic hydroxyl groups is 1. The van der Waals surface area contributed by atoms with Crippen molar-refractivity contribution in [2.24, 2.45) is 5.92 Å². The fraction of sp³-hybridized carbons (Fsp3) is 0.706. The van der Waals surface area contributed by atoms with Gasteiger partial charge in [-0.05, 0) is 44.9 Å². The van der Waals surface area contributed by atoms with E-state index in [-0.39, 0.29) is 24.2 Å². The lowest BCUT2D eigenvalue weighted by molar-refractivity contribution is -0.139. The molecule has 4 nitrogen and oxygen atoms in total. The Kier molecular flexibility index (Phi) is 4.86. The van der Waals surface area contributed by atoms with Gasteiger partial charge >= 0.3 is 6.18 Å². The molecular weight excluding hydrogens is 321 g/mol. The minimum absolute atomic E-state index is 0.0170. The van der Waals surface area contributed by atoms with Gasteiger partial charge in [-0.2, -0.15) is 13.2 Å². The highest BCUT2D eigenvalue weighted by Gasteiger charge is 2.44. The van der Waals surface area contributed by atoms with E-state index in [2.05, 4.69) is 4.98 Å². The average Bonchev–Trinajstić information content (AvgIpc) is 2.94. The summed E-state index contributed by atoms with van der Waals surface area (Å²) in [6, 6.07) is 2.41. The number of hydrogen-bond donors (Lipinski definition) is 1. The summed E-state index contributed by atoms with van der Waals surface area (Å²) in [6.45, 7) is 3.63. The molecule has 0 radical (unpaired) electrons. The molecule has 134 valence electrons. The zero-order valence-electron chi connectivity index (χ0n) is 13.7. The predicted octanol–water partition coefficient (Wildman–Crippen LogP) is 2.85. The molecule has 7 heteroatoms. The van der Waals surface area contributed by atoms with E-state index < -0.39 is 17.3 Å². The summed E-state index contributed by atoms with van der Waals surface area (Å²) in [4.78, 5) is 5.99. The summed E-state index contributed by atoms with van der Waals surface area (Å²) in [7, 11) is 0. The Labute approximate surface area is 139 Å². The highest BCUT2D eigenvalue weighted by atomic mass is 19.4. The molecule has 1 N–H and O–H groups in total. The Morgan fingerprint density at radius 3 is 2.96 bits per heavy atom. The summed E-state index contributed by atoms with van der Waals surface area (Å²) >= 11 is 0. The van der Waals surface area contributed by atoms with Crippen LogP contribution in [0.1, 0.15) is 37.4 Å². The van der Waals surface area contributed by atoms with E-state index in [1.807, 2.05) is 4.90 Å². The fourth-order valence-corrected chi connectivity index (χ4v) is 3.90. The second kappa shape index (κ2) is 6.61. The minimum atomic E-state index is -4.40. The lowest BCUT2D eigenvalue weighted by Gasteiger charge is -2.43. The van der Waals surface area contributed by atoms with Gasteiger partial charge in [0.1, 0.15) is 0 Å². The summed E-state index contributed by atoms with van der Waals surface area (Å²) in [5.74, 6) is -0.0909. The van der Waals surface area contributed by atoms with Crippen LogP contribution < -0.4 is 0 Å². The van der Waals surface area contributed by atoms with Crippen LogP contribution in [0.4, 0.5) is 13.2 Å². The van der Waals surface area contributed by atoms with Gasteiger partial charge in [-0.3, -0.25) is 9.88 Å². The summed E-state index contributed by atoms with van der Waals surface area (Å²) in [6.07, 6.45) is -0.684. The Bertz CT molecular complexity index is 577. The molecule has 1 aromatic rings. The van der Waals surface area contributed by atoms with Gasteiger partial charge in [-0.1, -0.05) is 0 Å². The number of alkyl halides is 3. The van der Waals surface area contributed by atoms with Crippen LogP contribution in [0.3, 0.4) is 0 Å². The molecule has 2 fully saturated rings. The maximum absolute atomic E-state index is 13.2. The van der Waals surface area contributed by atoms with E-state index in [1.54, 1.807) is 6.92 Å². The maximum atomic E-state index is 13.2. The van der Waals surface area contributed by atoms with Crippen LogP contribution in [-0.2, 0) is 17.5 Å². The molecule has 0 unspecified atom stereocenters. The van der Waals surface area contributed by atoms with E-state index in [1.165, 1.54) is 12.3 Å². The van der Waals surface area contributed by atoms with E-state index >= 15 is 0 Å². The molecule has 0 aliphatic carbocycles. The van der Waals surface area contributed by atoms with Gasteiger partial charge in [0.2, 0.25) is 0 Å². The Balaban J connectivity index is 1.80. The molecule has 3 heterocycles. The number of rotatable bonds is 3. The third kappa shape index (κ3) is 3.58. The second-order valence-electron chi connectivity index (χ2n) is 6.96. The highest BCUT2D eigenvalue weighted by Crippen LogP contribution is 2.37.